The Morgan fingerprint density at radius 2 is 2.24 bits per heavy atom. The summed E-state index contributed by atoms with van der Waals surface area (Å²) in [6, 6.07) is 10.5. The molecule has 2 aromatic rings. The number of carbonyl (C=O) groups is 1. The number of hydrogen-bond donors (Lipinski definition) is 1. The van der Waals surface area contributed by atoms with Crippen molar-refractivity contribution in [1.82, 2.24) is 4.98 Å². The van der Waals surface area contributed by atoms with Crippen LogP contribution in [-0.2, 0) is 11.3 Å². The maximum absolute atomic E-state index is 11.3. The SMILES string of the molecule is COC(=O)c1ccc(CNc2ccc(C#N)c(Cl)c2)nc1. The molecule has 0 saturated heterocycles. The number of carbonyl (C=O) groups excluding carboxylic acids is 1. The lowest BCUT2D eigenvalue weighted by molar-refractivity contribution is 0.0600. The third kappa shape index (κ3) is 3.71. The van der Waals surface area contributed by atoms with Crippen molar-refractivity contribution >= 4 is 23.3 Å². The molecular weight excluding hydrogens is 290 g/mol. The number of anilines is 1. The maximum atomic E-state index is 11.3. The number of aromatic nitrogens is 1. The fourth-order valence-electron chi connectivity index (χ4n) is 1.68. The monoisotopic (exact) mass is 301 g/mol. The molecular formula is C15H12ClN3O2. The number of esters is 1. The van der Waals surface area contributed by atoms with Gasteiger partial charge in [0.2, 0.25) is 0 Å². The molecule has 0 fully saturated rings. The number of ether oxygens (including phenoxy) is 1. The molecule has 5 nitrogen and oxygen atoms in total. The largest absolute Gasteiger partial charge is 0.465 e. The van der Waals surface area contributed by atoms with Gasteiger partial charge in [-0.2, -0.15) is 5.26 Å². The van der Waals surface area contributed by atoms with Crippen LogP contribution in [0.15, 0.2) is 36.5 Å². The van der Waals surface area contributed by atoms with Crippen LogP contribution in [0.2, 0.25) is 5.02 Å². The van der Waals surface area contributed by atoms with Crippen LogP contribution in [0.5, 0.6) is 0 Å². The van der Waals surface area contributed by atoms with E-state index in [4.69, 9.17) is 16.9 Å². The summed E-state index contributed by atoms with van der Waals surface area (Å²) in [5, 5.41) is 12.3. The molecule has 0 saturated carbocycles. The first-order chi connectivity index (χ1) is 10.1. The van der Waals surface area contributed by atoms with Gasteiger partial charge in [0, 0.05) is 11.9 Å². The lowest BCUT2D eigenvalue weighted by Crippen LogP contribution is -2.05. The van der Waals surface area contributed by atoms with Crippen molar-refractivity contribution in [3.05, 3.63) is 58.4 Å². The highest BCUT2D eigenvalue weighted by Gasteiger charge is 2.05. The van der Waals surface area contributed by atoms with Crippen molar-refractivity contribution in [2.24, 2.45) is 0 Å². The van der Waals surface area contributed by atoms with Crippen molar-refractivity contribution in [1.29, 1.82) is 5.26 Å². The van der Waals surface area contributed by atoms with E-state index < -0.39 is 5.97 Å². The van der Waals surface area contributed by atoms with Gasteiger partial charge in [0.25, 0.3) is 0 Å². The van der Waals surface area contributed by atoms with Crippen molar-refractivity contribution in [3.63, 3.8) is 0 Å². The Bertz CT molecular complexity index is 693. The number of benzene rings is 1. The van der Waals surface area contributed by atoms with E-state index in [1.165, 1.54) is 13.3 Å². The van der Waals surface area contributed by atoms with Crippen LogP contribution in [0.25, 0.3) is 0 Å². The number of nitrogens with one attached hydrogen (secondary N) is 1. The number of methoxy groups -OCH3 is 1. The third-order valence-electron chi connectivity index (χ3n) is 2.81. The molecule has 2 rings (SSSR count). The van der Waals surface area contributed by atoms with E-state index in [9.17, 15) is 4.79 Å². The summed E-state index contributed by atoms with van der Waals surface area (Å²) in [5.41, 5.74) is 2.39. The minimum Gasteiger partial charge on any atom is -0.465 e. The number of rotatable bonds is 4. The summed E-state index contributed by atoms with van der Waals surface area (Å²) in [6.07, 6.45) is 1.47. The Morgan fingerprint density at radius 3 is 2.81 bits per heavy atom. The van der Waals surface area contributed by atoms with E-state index in [2.05, 4.69) is 15.0 Å². The first-order valence-corrected chi connectivity index (χ1v) is 6.48. The molecule has 21 heavy (non-hydrogen) atoms. The molecule has 0 aliphatic heterocycles. The number of halogens is 1. The molecule has 0 spiro atoms. The summed E-state index contributed by atoms with van der Waals surface area (Å²) < 4.78 is 4.60. The number of pyridine rings is 1. The predicted octanol–water partition coefficient (Wildman–Crippen LogP) is 3.01. The van der Waals surface area contributed by atoms with Crippen LogP contribution in [0, 0.1) is 11.3 Å². The van der Waals surface area contributed by atoms with Crippen LogP contribution < -0.4 is 5.32 Å². The molecule has 1 aromatic carbocycles. The minimum atomic E-state index is -0.416. The molecule has 106 valence electrons. The summed E-state index contributed by atoms with van der Waals surface area (Å²) in [4.78, 5) is 15.5. The van der Waals surface area contributed by atoms with Crippen molar-refractivity contribution < 1.29 is 9.53 Å². The number of nitriles is 1. The predicted molar refractivity (Wildman–Crippen MR) is 79.1 cm³/mol. The normalized spacial score (nSPS) is 9.76. The van der Waals surface area contributed by atoms with E-state index in [0.29, 0.717) is 22.7 Å². The quantitative estimate of drug-likeness (QED) is 0.879. The van der Waals surface area contributed by atoms with Crippen LogP contribution >= 0.6 is 11.6 Å². The molecule has 0 radical (unpaired) electrons. The van der Waals surface area contributed by atoms with Gasteiger partial charge in [0.15, 0.2) is 0 Å². The third-order valence-corrected chi connectivity index (χ3v) is 3.12. The molecule has 0 bridgehead atoms. The molecule has 0 amide bonds. The lowest BCUT2D eigenvalue weighted by atomic mass is 10.2. The van der Waals surface area contributed by atoms with Gasteiger partial charge < -0.3 is 10.1 Å². The summed E-state index contributed by atoms with van der Waals surface area (Å²) in [5.74, 6) is -0.416. The van der Waals surface area contributed by atoms with E-state index >= 15 is 0 Å². The van der Waals surface area contributed by atoms with Crippen LogP contribution in [0.1, 0.15) is 21.6 Å². The van der Waals surface area contributed by atoms with Crippen LogP contribution in [0.3, 0.4) is 0 Å². The van der Waals surface area contributed by atoms with Crippen LogP contribution in [-0.4, -0.2) is 18.1 Å². The number of nitrogens with zero attached hydrogens (tertiary/aromatic N) is 2. The van der Waals surface area contributed by atoms with Crippen LogP contribution in [0.4, 0.5) is 5.69 Å². The second-order valence-electron chi connectivity index (χ2n) is 4.19. The Labute approximate surface area is 127 Å². The molecule has 0 aliphatic rings. The summed E-state index contributed by atoms with van der Waals surface area (Å²) in [7, 11) is 1.33. The van der Waals surface area contributed by atoms with Gasteiger partial charge in [0.1, 0.15) is 6.07 Å². The molecule has 1 heterocycles. The molecule has 0 aliphatic carbocycles. The van der Waals surface area contributed by atoms with Gasteiger partial charge in [-0.15, -0.1) is 0 Å². The van der Waals surface area contributed by atoms with Gasteiger partial charge in [-0.1, -0.05) is 11.6 Å². The summed E-state index contributed by atoms with van der Waals surface area (Å²) in [6.45, 7) is 0.476. The number of hydrogen-bond acceptors (Lipinski definition) is 5. The maximum Gasteiger partial charge on any atom is 0.339 e. The van der Waals surface area contributed by atoms with E-state index in [1.807, 2.05) is 6.07 Å². The average Bonchev–Trinajstić information content (AvgIpc) is 2.52. The Morgan fingerprint density at radius 1 is 1.43 bits per heavy atom. The lowest BCUT2D eigenvalue weighted by Gasteiger charge is -2.07. The van der Waals surface area contributed by atoms with Crippen molar-refractivity contribution in [2.75, 3.05) is 12.4 Å². The van der Waals surface area contributed by atoms with E-state index in [1.54, 1.807) is 30.3 Å². The standard InChI is InChI=1S/C15H12ClN3O2/c1-21-15(20)11-3-5-13(18-8-11)9-19-12-4-2-10(7-17)14(16)6-12/h2-6,8,19H,9H2,1H3. The van der Waals surface area contributed by atoms with E-state index in [0.717, 1.165) is 11.4 Å². The Hall–Kier alpha value is -2.58. The fraction of sp³-hybridized carbons (Fsp3) is 0.133. The Balaban J connectivity index is 2.01. The average molecular weight is 302 g/mol. The second-order valence-corrected chi connectivity index (χ2v) is 4.60. The van der Waals surface area contributed by atoms with Gasteiger partial charge in [-0.25, -0.2) is 4.79 Å². The second kappa shape index (κ2) is 6.73. The van der Waals surface area contributed by atoms with Crippen molar-refractivity contribution in [3.8, 4) is 6.07 Å². The highest BCUT2D eigenvalue weighted by atomic mass is 35.5. The molecule has 6 heteroatoms. The van der Waals surface area contributed by atoms with Gasteiger partial charge in [-0.05, 0) is 30.3 Å². The van der Waals surface area contributed by atoms with Gasteiger partial charge in [0.05, 0.1) is 35.5 Å². The first kappa shape index (κ1) is 14.8. The smallest absolute Gasteiger partial charge is 0.339 e. The topological polar surface area (TPSA) is 75.0 Å². The molecule has 0 unspecified atom stereocenters. The first-order valence-electron chi connectivity index (χ1n) is 6.11. The zero-order valence-corrected chi connectivity index (χ0v) is 12.0. The zero-order chi connectivity index (χ0) is 15.2. The fourth-order valence-corrected chi connectivity index (χ4v) is 1.90. The highest BCUT2D eigenvalue weighted by molar-refractivity contribution is 6.32. The Kier molecular flexibility index (Phi) is 4.75. The zero-order valence-electron chi connectivity index (χ0n) is 11.3. The highest BCUT2D eigenvalue weighted by Crippen LogP contribution is 2.20. The minimum absolute atomic E-state index is 0.400. The van der Waals surface area contributed by atoms with Gasteiger partial charge >= 0.3 is 5.97 Å². The molecule has 0 atom stereocenters. The van der Waals surface area contributed by atoms with E-state index in [-0.39, 0.29) is 0 Å². The summed E-state index contributed by atoms with van der Waals surface area (Å²) >= 11 is 5.95. The van der Waals surface area contributed by atoms with Gasteiger partial charge in [-0.3, -0.25) is 4.98 Å². The molecule has 1 aromatic heterocycles. The van der Waals surface area contributed by atoms with Crippen molar-refractivity contribution in [2.45, 2.75) is 6.54 Å². The molecule has 1 N–H and O–H groups in total.